The van der Waals surface area contributed by atoms with Gasteiger partial charge in [-0.2, -0.15) is 5.57 Å². The Morgan fingerprint density at radius 2 is 1.48 bits per heavy atom. The Labute approximate surface area is 203 Å². The van der Waals surface area contributed by atoms with Crippen LogP contribution in [0, 0.1) is 26.8 Å². The molecule has 0 unspecified atom stereocenters. The van der Waals surface area contributed by atoms with E-state index in [-0.39, 0.29) is 68.5 Å². The average Bonchev–Trinajstić information content (AvgIpc) is 2.85. The van der Waals surface area contributed by atoms with Crippen LogP contribution in [0.25, 0.3) is 0 Å². The predicted molar refractivity (Wildman–Crippen MR) is 106 cm³/mol. The van der Waals surface area contributed by atoms with Crippen LogP contribution in [0.15, 0.2) is 28.5 Å². The minimum atomic E-state index is -0.341. The maximum absolute atomic E-state index is 3.80. The van der Waals surface area contributed by atoms with E-state index in [0.29, 0.717) is 0 Å². The molecular formula is C22H33Cl3SiTi. The number of hydrogen-bond acceptors (Lipinski definition) is 0. The normalized spacial score (nSPS) is 12.9. The summed E-state index contributed by atoms with van der Waals surface area (Å²) in [6.07, 6.45) is 12.8. The number of aryl methyl sites for hydroxylation is 3. The number of rotatable bonds is 8. The van der Waals surface area contributed by atoms with Crippen molar-refractivity contribution in [1.29, 1.82) is 0 Å². The number of hydrogen-bond donors (Lipinski definition) is 0. The summed E-state index contributed by atoms with van der Waals surface area (Å²) in [5.74, 6) is 0. The standard InChI is InChI=1S/C22H33Si.3ClH.Ti/c1-6-8-9-11-19-14-20(10-7-2)21(15-19)23-22-17(4)12-16(3)13-18(22)5;;;;/h12-13H,6-11,15,23H2,1-5H3;3*1H;/q-1;;;;+4/p-3. The van der Waals surface area contributed by atoms with Crippen LogP contribution in [0.5, 0.6) is 0 Å². The molecule has 1 aromatic carbocycles. The van der Waals surface area contributed by atoms with Gasteiger partial charge in [0.1, 0.15) is 0 Å². The summed E-state index contributed by atoms with van der Waals surface area (Å²) in [6, 6.07) is 4.73. The third kappa shape index (κ3) is 9.70. The van der Waals surface area contributed by atoms with E-state index in [1.54, 1.807) is 21.5 Å². The summed E-state index contributed by atoms with van der Waals surface area (Å²) in [4.78, 5) is 0. The summed E-state index contributed by atoms with van der Waals surface area (Å²) in [5.41, 5.74) is 7.59. The fourth-order valence-corrected chi connectivity index (χ4v) is 5.90. The van der Waals surface area contributed by atoms with Crippen molar-refractivity contribution in [2.24, 2.45) is 0 Å². The molecule has 0 bridgehead atoms. The van der Waals surface area contributed by atoms with Crippen LogP contribution in [0.1, 0.15) is 75.5 Å². The van der Waals surface area contributed by atoms with Gasteiger partial charge in [-0.1, -0.05) is 92.8 Å². The molecule has 5 heteroatoms. The molecule has 1 aliphatic carbocycles. The second-order valence-corrected chi connectivity index (χ2v) is 9.16. The van der Waals surface area contributed by atoms with Crippen LogP contribution in [0.3, 0.4) is 0 Å². The zero-order chi connectivity index (χ0) is 16.8. The number of allylic oxidation sites excluding steroid dienone is 4. The van der Waals surface area contributed by atoms with Crippen molar-refractivity contribution in [2.75, 3.05) is 0 Å². The number of unbranched alkanes of at least 4 members (excludes halogenated alkanes) is 2. The molecule has 0 nitrogen and oxygen atoms in total. The van der Waals surface area contributed by atoms with Crippen LogP contribution >= 0.6 is 0 Å². The first-order valence-corrected chi connectivity index (χ1v) is 10.9. The zero-order valence-corrected chi connectivity index (χ0v) is 22.7. The maximum atomic E-state index is 3.80. The van der Waals surface area contributed by atoms with Crippen LogP contribution < -0.4 is 42.4 Å². The minimum Gasteiger partial charge on any atom is -1.00 e. The molecule has 150 valence electrons. The van der Waals surface area contributed by atoms with Crippen molar-refractivity contribution in [3.05, 3.63) is 51.2 Å². The van der Waals surface area contributed by atoms with Crippen molar-refractivity contribution >= 4 is 14.7 Å². The fraction of sp³-hybridized carbons (Fsp3) is 0.545. The van der Waals surface area contributed by atoms with Crippen LogP contribution in [0.2, 0.25) is 0 Å². The second-order valence-electron chi connectivity index (χ2n) is 7.25. The molecule has 0 saturated heterocycles. The molecule has 0 saturated carbocycles. The van der Waals surface area contributed by atoms with Gasteiger partial charge in [-0.25, -0.2) is 16.8 Å². The molecule has 2 rings (SSSR count). The Kier molecular flexibility index (Phi) is 19.4. The van der Waals surface area contributed by atoms with Gasteiger partial charge in [0.2, 0.25) is 0 Å². The van der Waals surface area contributed by atoms with Gasteiger partial charge in [0, 0.05) is 0 Å². The van der Waals surface area contributed by atoms with Gasteiger partial charge in [-0.15, -0.1) is 0 Å². The largest absolute Gasteiger partial charge is 4.00 e. The molecule has 0 aromatic heterocycles. The average molecular weight is 480 g/mol. The number of benzene rings is 1. The van der Waals surface area contributed by atoms with Gasteiger partial charge < -0.3 is 37.2 Å². The first-order chi connectivity index (χ1) is 11.0. The molecule has 0 amide bonds. The van der Waals surface area contributed by atoms with E-state index >= 15 is 0 Å². The van der Waals surface area contributed by atoms with Crippen molar-refractivity contribution in [2.45, 2.75) is 79.6 Å². The van der Waals surface area contributed by atoms with Crippen LogP contribution in [-0.4, -0.2) is 9.52 Å². The Balaban J connectivity index is -0.00000144. The van der Waals surface area contributed by atoms with E-state index in [4.69, 9.17) is 0 Å². The molecule has 27 heavy (non-hydrogen) atoms. The smallest absolute Gasteiger partial charge is 1.00 e. The SMILES string of the molecule is CCCCCC1=[C-]C(CCC)=C([SiH2]c2c(C)cc(C)cc2C)C1.[Cl-].[Cl-].[Cl-].[Ti+4]. The molecule has 0 heterocycles. The van der Waals surface area contributed by atoms with Crippen molar-refractivity contribution < 1.29 is 58.9 Å². The summed E-state index contributed by atoms with van der Waals surface area (Å²) < 4.78 is 0. The Bertz CT molecular complexity index is 601. The number of halogens is 3. The van der Waals surface area contributed by atoms with Gasteiger partial charge in [0.15, 0.2) is 0 Å². The van der Waals surface area contributed by atoms with Gasteiger partial charge in [0.25, 0.3) is 0 Å². The van der Waals surface area contributed by atoms with E-state index in [0.717, 1.165) is 0 Å². The Morgan fingerprint density at radius 1 is 0.889 bits per heavy atom. The summed E-state index contributed by atoms with van der Waals surface area (Å²) >= 11 is 0. The third-order valence-electron chi connectivity index (χ3n) is 4.99. The van der Waals surface area contributed by atoms with E-state index in [9.17, 15) is 0 Å². The minimum absolute atomic E-state index is 0. The molecule has 0 spiro atoms. The second kappa shape index (κ2) is 16.3. The molecule has 0 atom stereocenters. The van der Waals surface area contributed by atoms with E-state index in [2.05, 4.69) is 52.8 Å². The summed E-state index contributed by atoms with van der Waals surface area (Å²) in [6.45, 7) is 11.4. The third-order valence-corrected chi connectivity index (χ3v) is 7.57. The van der Waals surface area contributed by atoms with E-state index in [1.165, 1.54) is 61.6 Å². The van der Waals surface area contributed by atoms with Crippen molar-refractivity contribution in [3.63, 3.8) is 0 Å². The summed E-state index contributed by atoms with van der Waals surface area (Å²) in [5, 5.41) is 3.45. The van der Waals surface area contributed by atoms with Crippen LogP contribution in [-0.2, 0) is 21.7 Å². The zero-order valence-electron chi connectivity index (χ0n) is 17.4. The van der Waals surface area contributed by atoms with Gasteiger partial charge in [-0.3, -0.25) is 0 Å². The molecule has 1 aliphatic rings. The maximum Gasteiger partial charge on any atom is 4.00 e. The van der Waals surface area contributed by atoms with Gasteiger partial charge in [-0.05, 0) is 30.3 Å². The molecule has 0 radical (unpaired) electrons. The summed E-state index contributed by atoms with van der Waals surface area (Å²) in [7, 11) is -0.341. The van der Waals surface area contributed by atoms with Crippen molar-refractivity contribution in [3.8, 4) is 0 Å². The molecular weight excluding hydrogens is 447 g/mol. The van der Waals surface area contributed by atoms with E-state index < -0.39 is 0 Å². The quantitative estimate of drug-likeness (QED) is 0.204. The predicted octanol–water partition coefficient (Wildman–Crippen LogP) is -3.82. The molecule has 0 fully saturated rings. The van der Waals surface area contributed by atoms with Gasteiger partial charge >= 0.3 is 21.7 Å². The first kappa shape index (κ1) is 32.2. The monoisotopic (exact) mass is 478 g/mol. The van der Waals surface area contributed by atoms with E-state index in [1.807, 2.05) is 0 Å². The van der Waals surface area contributed by atoms with Crippen LogP contribution in [0.4, 0.5) is 0 Å². The van der Waals surface area contributed by atoms with Gasteiger partial charge in [0.05, 0.1) is 0 Å². The molecule has 0 aliphatic heterocycles. The van der Waals surface area contributed by atoms with Crippen molar-refractivity contribution in [1.82, 2.24) is 0 Å². The molecule has 1 aromatic rings. The Hall–Kier alpha value is 0.501. The first-order valence-electron chi connectivity index (χ1n) is 9.44. The topological polar surface area (TPSA) is 0 Å². The molecule has 0 N–H and O–H groups in total. The fourth-order valence-electron chi connectivity index (χ4n) is 3.81. The Morgan fingerprint density at radius 3 is 2.00 bits per heavy atom.